The van der Waals surface area contributed by atoms with Crippen LogP contribution < -0.4 is 0 Å². The van der Waals surface area contributed by atoms with Gasteiger partial charge in [-0.3, -0.25) is 9.69 Å². The highest BCUT2D eigenvalue weighted by Gasteiger charge is 2.51. The molecule has 7 nitrogen and oxygen atoms in total. The van der Waals surface area contributed by atoms with E-state index in [1.807, 2.05) is 51.1 Å². The lowest BCUT2D eigenvalue weighted by molar-refractivity contribution is -0.207. The zero-order chi connectivity index (χ0) is 22.3. The Balaban J connectivity index is 3.35. The SMILES string of the molecule is CN(C(=O)OC(C)(C)C)[C@@](CC(C)(C)C)(OCc1ccccc1)C(=O)OCC=O. The first-order valence-electron chi connectivity index (χ1n) is 9.56. The molecule has 0 saturated heterocycles. The van der Waals surface area contributed by atoms with Crippen molar-refractivity contribution < 1.29 is 28.6 Å². The maximum absolute atomic E-state index is 13.1. The van der Waals surface area contributed by atoms with Gasteiger partial charge in [0, 0.05) is 13.5 Å². The van der Waals surface area contributed by atoms with Crippen molar-refractivity contribution in [1.29, 1.82) is 0 Å². The van der Waals surface area contributed by atoms with Crippen LogP contribution in [0, 0.1) is 5.41 Å². The van der Waals surface area contributed by atoms with Gasteiger partial charge in [0.2, 0.25) is 5.72 Å². The first kappa shape index (κ1) is 24.6. The van der Waals surface area contributed by atoms with Crippen LogP contribution in [0.1, 0.15) is 53.5 Å². The van der Waals surface area contributed by atoms with E-state index in [9.17, 15) is 14.4 Å². The van der Waals surface area contributed by atoms with Gasteiger partial charge >= 0.3 is 12.1 Å². The standard InChI is InChI=1S/C22H33NO6/c1-20(2,3)16-22(18(25)27-14-13-24,23(7)19(26)29-21(4,5)6)28-15-17-11-9-8-10-12-17/h8-13H,14-16H2,1-7H3/t22-/m0/s1. The highest BCUT2D eigenvalue weighted by Crippen LogP contribution is 2.35. The summed E-state index contributed by atoms with van der Waals surface area (Å²) in [5.41, 5.74) is -2.11. The van der Waals surface area contributed by atoms with Crippen molar-refractivity contribution >= 4 is 18.3 Å². The average molecular weight is 408 g/mol. The molecule has 0 saturated carbocycles. The number of carbonyl (C=O) groups is 3. The topological polar surface area (TPSA) is 82.1 Å². The third kappa shape index (κ3) is 7.85. The van der Waals surface area contributed by atoms with Gasteiger partial charge in [-0.2, -0.15) is 0 Å². The van der Waals surface area contributed by atoms with Gasteiger partial charge in [-0.15, -0.1) is 0 Å². The van der Waals surface area contributed by atoms with Gasteiger partial charge in [-0.25, -0.2) is 9.59 Å². The Morgan fingerprint density at radius 3 is 2.10 bits per heavy atom. The van der Waals surface area contributed by atoms with Crippen molar-refractivity contribution in [1.82, 2.24) is 4.90 Å². The van der Waals surface area contributed by atoms with Crippen LogP contribution in [-0.2, 0) is 30.4 Å². The van der Waals surface area contributed by atoms with E-state index < -0.39 is 35.4 Å². The molecule has 0 spiro atoms. The minimum Gasteiger partial charge on any atom is -0.454 e. The molecule has 7 heteroatoms. The highest BCUT2D eigenvalue weighted by molar-refractivity contribution is 5.85. The number of benzene rings is 1. The molecule has 0 fully saturated rings. The molecular formula is C22H33NO6. The van der Waals surface area contributed by atoms with Crippen molar-refractivity contribution in [3.05, 3.63) is 35.9 Å². The average Bonchev–Trinajstić information content (AvgIpc) is 2.61. The summed E-state index contributed by atoms with van der Waals surface area (Å²) in [6, 6.07) is 9.29. The number of ether oxygens (including phenoxy) is 3. The fourth-order valence-electron chi connectivity index (χ4n) is 2.73. The van der Waals surface area contributed by atoms with Crippen LogP contribution in [0.2, 0.25) is 0 Å². The van der Waals surface area contributed by atoms with Crippen LogP contribution in [-0.4, -0.2) is 48.2 Å². The van der Waals surface area contributed by atoms with Gasteiger partial charge in [0.15, 0.2) is 6.29 Å². The Hall–Kier alpha value is -2.41. The van der Waals surface area contributed by atoms with E-state index in [0.29, 0.717) is 6.29 Å². The third-order valence-electron chi connectivity index (χ3n) is 3.90. The molecule has 0 aromatic heterocycles. The molecule has 0 N–H and O–H groups in total. The van der Waals surface area contributed by atoms with E-state index in [-0.39, 0.29) is 13.0 Å². The zero-order valence-electron chi connectivity index (χ0n) is 18.5. The third-order valence-corrected chi connectivity index (χ3v) is 3.90. The molecule has 1 rings (SSSR count). The Bertz CT molecular complexity index is 689. The molecule has 1 aromatic rings. The second-order valence-electron chi connectivity index (χ2n) is 9.10. The van der Waals surface area contributed by atoms with Gasteiger partial charge in [-0.1, -0.05) is 51.1 Å². The Kier molecular flexibility index (Phi) is 8.38. The summed E-state index contributed by atoms with van der Waals surface area (Å²) in [7, 11) is 1.44. The lowest BCUT2D eigenvalue weighted by atomic mass is 9.85. The highest BCUT2D eigenvalue weighted by atomic mass is 16.6. The fraction of sp³-hybridized carbons (Fsp3) is 0.591. The quantitative estimate of drug-likeness (QED) is 0.369. The lowest BCUT2D eigenvalue weighted by Crippen LogP contribution is -2.60. The molecule has 0 aliphatic carbocycles. The number of likely N-dealkylation sites (N-methyl/N-ethyl adjacent to an activating group) is 1. The van der Waals surface area contributed by atoms with Crippen LogP contribution in [0.3, 0.4) is 0 Å². The molecule has 0 aliphatic heterocycles. The number of nitrogens with zero attached hydrogens (tertiary/aromatic N) is 1. The van der Waals surface area contributed by atoms with Crippen molar-refractivity contribution in [2.75, 3.05) is 13.7 Å². The predicted octanol–water partition coefficient (Wildman–Crippen LogP) is 3.94. The number of hydrogen-bond acceptors (Lipinski definition) is 6. The van der Waals surface area contributed by atoms with Crippen LogP contribution in [0.4, 0.5) is 4.79 Å². The van der Waals surface area contributed by atoms with Gasteiger partial charge in [0.1, 0.15) is 12.2 Å². The lowest BCUT2D eigenvalue weighted by Gasteiger charge is -2.42. The van der Waals surface area contributed by atoms with E-state index in [1.165, 1.54) is 7.05 Å². The summed E-state index contributed by atoms with van der Waals surface area (Å²) in [6.07, 6.45) is -0.108. The van der Waals surface area contributed by atoms with Crippen LogP contribution in [0.5, 0.6) is 0 Å². The minimum atomic E-state index is -1.76. The summed E-state index contributed by atoms with van der Waals surface area (Å²) in [6.45, 7) is 10.6. The Morgan fingerprint density at radius 1 is 1.03 bits per heavy atom. The summed E-state index contributed by atoms with van der Waals surface area (Å²) in [5, 5.41) is 0. The maximum atomic E-state index is 13.1. The fourth-order valence-corrected chi connectivity index (χ4v) is 2.73. The van der Waals surface area contributed by atoms with E-state index in [0.717, 1.165) is 10.5 Å². The van der Waals surface area contributed by atoms with E-state index >= 15 is 0 Å². The van der Waals surface area contributed by atoms with Crippen LogP contribution in [0.25, 0.3) is 0 Å². The largest absolute Gasteiger partial charge is 0.454 e. The number of carbonyl (C=O) groups excluding carboxylic acids is 3. The molecule has 1 atom stereocenters. The molecule has 1 amide bonds. The second kappa shape index (κ2) is 9.87. The number of rotatable bonds is 8. The normalized spacial score (nSPS) is 13.9. The summed E-state index contributed by atoms with van der Waals surface area (Å²) in [4.78, 5) is 37.8. The van der Waals surface area contributed by atoms with Gasteiger partial charge in [0.25, 0.3) is 0 Å². The van der Waals surface area contributed by atoms with Crippen molar-refractivity contribution in [3.63, 3.8) is 0 Å². The van der Waals surface area contributed by atoms with Crippen LogP contribution in [0.15, 0.2) is 30.3 Å². The molecule has 29 heavy (non-hydrogen) atoms. The van der Waals surface area contributed by atoms with Gasteiger partial charge in [-0.05, 0) is 31.7 Å². The van der Waals surface area contributed by atoms with Crippen LogP contribution >= 0.6 is 0 Å². The molecular weight excluding hydrogens is 374 g/mol. The minimum absolute atomic E-state index is 0.0697. The van der Waals surface area contributed by atoms with Crippen molar-refractivity contribution in [3.8, 4) is 0 Å². The molecule has 0 heterocycles. The molecule has 1 aromatic carbocycles. The summed E-state index contributed by atoms with van der Waals surface area (Å²) in [5.74, 6) is -0.816. The second-order valence-corrected chi connectivity index (χ2v) is 9.10. The maximum Gasteiger partial charge on any atom is 0.412 e. The van der Waals surface area contributed by atoms with Gasteiger partial charge in [0.05, 0.1) is 6.61 Å². The molecule has 0 bridgehead atoms. The van der Waals surface area contributed by atoms with E-state index in [4.69, 9.17) is 14.2 Å². The summed E-state index contributed by atoms with van der Waals surface area (Å²) >= 11 is 0. The molecule has 0 unspecified atom stereocenters. The van der Waals surface area contributed by atoms with Gasteiger partial charge < -0.3 is 14.2 Å². The Morgan fingerprint density at radius 2 is 1.62 bits per heavy atom. The number of hydrogen-bond donors (Lipinski definition) is 0. The Labute approximate surface area is 173 Å². The number of amides is 1. The van der Waals surface area contributed by atoms with Crippen molar-refractivity contribution in [2.45, 2.75) is 65.9 Å². The van der Waals surface area contributed by atoms with E-state index in [1.54, 1.807) is 20.8 Å². The number of aldehydes is 1. The first-order valence-corrected chi connectivity index (χ1v) is 9.56. The molecule has 162 valence electrons. The predicted molar refractivity (Wildman–Crippen MR) is 109 cm³/mol. The summed E-state index contributed by atoms with van der Waals surface area (Å²) < 4.78 is 16.7. The monoisotopic (exact) mass is 407 g/mol. The number of esters is 1. The molecule has 0 aliphatic rings. The smallest absolute Gasteiger partial charge is 0.412 e. The molecule has 0 radical (unpaired) electrons. The first-order chi connectivity index (χ1) is 13.3. The zero-order valence-corrected chi connectivity index (χ0v) is 18.5. The van der Waals surface area contributed by atoms with E-state index in [2.05, 4.69) is 0 Å². The van der Waals surface area contributed by atoms with Crippen molar-refractivity contribution in [2.24, 2.45) is 5.41 Å².